The number of benzene rings is 2. The average molecular weight is 523 g/mol. The molecule has 194 valence electrons. The molecule has 8 heteroatoms. The highest BCUT2D eigenvalue weighted by Crippen LogP contribution is 2.77. The van der Waals surface area contributed by atoms with Gasteiger partial charge in [0.1, 0.15) is 11.6 Å². The van der Waals surface area contributed by atoms with Crippen molar-refractivity contribution in [2.24, 2.45) is 23.7 Å². The van der Waals surface area contributed by atoms with E-state index in [-0.39, 0.29) is 0 Å². The van der Waals surface area contributed by atoms with Crippen molar-refractivity contribution in [3.8, 4) is 22.5 Å². The van der Waals surface area contributed by atoms with Crippen molar-refractivity contribution in [2.75, 3.05) is 0 Å². The maximum Gasteiger partial charge on any atom is 0.124 e. The van der Waals surface area contributed by atoms with Gasteiger partial charge >= 0.3 is 0 Å². The molecule has 40 heavy (non-hydrogen) atoms. The van der Waals surface area contributed by atoms with Crippen LogP contribution in [0.5, 0.6) is 0 Å². The van der Waals surface area contributed by atoms with Crippen molar-refractivity contribution in [3.63, 3.8) is 0 Å². The van der Waals surface area contributed by atoms with E-state index in [1.807, 2.05) is 0 Å². The fourth-order valence-corrected chi connectivity index (χ4v) is 7.88. The third kappa shape index (κ3) is 2.82. The van der Waals surface area contributed by atoms with Crippen LogP contribution in [-0.2, 0) is 0 Å². The minimum Gasteiger partial charge on any atom is -0.341 e. The highest BCUT2D eigenvalue weighted by Gasteiger charge is 2.81. The largest absolute Gasteiger partial charge is 0.341 e. The van der Waals surface area contributed by atoms with E-state index in [0.717, 1.165) is 97.0 Å². The minimum atomic E-state index is 0.352. The zero-order chi connectivity index (χ0) is 25.7. The number of H-pyrrole nitrogens is 2. The Hall–Kier alpha value is -4.14. The van der Waals surface area contributed by atoms with E-state index in [1.54, 1.807) is 0 Å². The molecule has 6 fully saturated rings. The van der Waals surface area contributed by atoms with Crippen LogP contribution >= 0.6 is 0 Å². The molecule has 4 N–H and O–H groups in total. The maximum absolute atomic E-state index is 4.97. The second-order valence-corrected chi connectivity index (χ2v) is 12.6. The van der Waals surface area contributed by atoms with Gasteiger partial charge in [-0.3, -0.25) is 0 Å². The SMILES string of the molecule is c1cc2nc([C@@H]3C[C@H]4C[C@H]4N3)[nH]c2cc1-c1ccc2nc(-c3ccc4nc([C@H]5N[C@@H]6C7C5[C@@H]76)[nH]c4c3)ccc2n1. The lowest BCUT2D eigenvalue weighted by Gasteiger charge is -2.08. The number of nitrogens with one attached hydrogen (secondary N) is 4. The molecule has 6 aromatic rings. The molecule has 2 aromatic carbocycles. The topological polar surface area (TPSA) is 107 Å². The zero-order valence-electron chi connectivity index (χ0n) is 21.6. The van der Waals surface area contributed by atoms with Crippen molar-refractivity contribution in [1.29, 1.82) is 0 Å². The van der Waals surface area contributed by atoms with Gasteiger partial charge < -0.3 is 20.6 Å². The van der Waals surface area contributed by atoms with Crippen LogP contribution in [0.3, 0.4) is 0 Å². The Morgan fingerprint density at radius 1 is 0.575 bits per heavy atom. The Bertz CT molecular complexity index is 2030. The summed E-state index contributed by atoms with van der Waals surface area (Å²) in [6.07, 6.45) is 2.51. The van der Waals surface area contributed by atoms with Gasteiger partial charge in [-0.1, -0.05) is 12.1 Å². The third-order valence-electron chi connectivity index (χ3n) is 10.3. The number of hydrogen-bond donors (Lipinski definition) is 4. The summed E-state index contributed by atoms with van der Waals surface area (Å²) in [6, 6.07) is 23.3. The number of imidazole rings is 2. The first-order valence-electron chi connectivity index (χ1n) is 14.5. The van der Waals surface area contributed by atoms with Gasteiger partial charge in [0, 0.05) is 23.2 Å². The number of hydrogen-bond acceptors (Lipinski definition) is 6. The fourth-order valence-electron chi connectivity index (χ4n) is 7.88. The Morgan fingerprint density at radius 2 is 1.20 bits per heavy atom. The highest BCUT2D eigenvalue weighted by atomic mass is 15.2. The van der Waals surface area contributed by atoms with Gasteiger partial charge in [-0.15, -0.1) is 0 Å². The summed E-state index contributed by atoms with van der Waals surface area (Å²) in [6.45, 7) is 0. The summed E-state index contributed by atoms with van der Waals surface area (Å²) < 4.78 is 0. The van der Waals surface area contributed by atoms with Crippen molar-refractivity contribution >= 4 is 33.1 Å². The molecule has 12 rings (SSSR count). The molecular formula is C32H26N8. The van der Waals surface area contributed by atoms with Gasteiger partial charge in [-0.2, -0.15) is 0 Å². The van der Waals surface area contributed by atoms with Gasteiger partial charge in [0.25, 0.3) is 0 Å². The molecule has 0 radical (unpaired) electrons. The number of rotatable bonds is 4. The molecule has 8 atom stereocenters. The molecule has 7 heterocycles. The second-order valence-electron chi connectivity index (χ2n) is 12.6. The lowest BCUT2D eigenvalue weighted by Crippen LogP contribution is -2.18. The van der Waals surface area contributed by atoms with E-state index in [1.165, 1.54) is 12.8 Å². The van der Waals surface area contributed by atoms with E-state index in [2.05, 4.69) is 81.3 Å². The standard InChI is InChI=1S/C32H26N8/c1-3-20-23(38-31(36-20)25-12-15-11-22(15)35-25)9-13(1)16-5-7-19-18(33-16)8-6-17(34-19)14-2-4-21-24(10-14)39-32(37-21)30-28-26-27(28)29(26)40-30/h1-10,15,22,25-30,35,40H,11-12H2,(H,36,38)(H,37,39)/t15-,22-,25+,26-,27?,28?,29+,30+/m1/s1. The number of pyridine rings is 2. The van der Waals surface area contributed by atoms with Gasteiger partial charge in [0.15, 0.2) is 0 Å². The highest BCUT2D eigenvalue weighted by molar-refractivity contribution is 5.86. The molecule has 2 bridgehead atoms. The fraction of sp³-hybridized carbons (Fsp3) is 0.312. The van der Waals surface area contributed by atoms with Gasteiger partial charge in [0.05, 0.1) is 56.6 Å². The van der Waals surface area contributed by atoms with E-state index in [4.69, 9.17) is 19.9 Å². The predicted molar refractivity (Wildman–Crippen MR) is 152 cm³/mol. The average Bonchev–Trinajstić information content (AvgIpc) is 3.76. The molecular weight excluding hydrogens is 496 g/mol. The van der Waals surface area contributed by atoms with Crippen molar-refractivity contribution in [2.45, 2.75) is 37.0 Å². The smallest absolute Gasteiger partial charge is 0.124 e. The number of fused-ring (bicyclic) bond motifs is 5. The van der Waals surface area contributed by atoms with Crippen LogP contribution in [0.1, 0.15) is 36.6 Å². The van der Waals surface area contributed by atoms with E-state index in [9.17, 15) is 0 Å². The predicted octanol–water partition coefficient (Wildman–Crippen LogP) is 5.03. The normalized spacial score (nSPS) is 32.6. The van der Waals surface area contributed by atoms with Crippen LogP contribution in [0.15, 0.2) is 60.7 Å². The summed E-state index contributed by atoms with van der Waals surface area (Å²) in [7, 11) is 0. The first-order valence-corrected chi connectivity index (χ1v) is 14.5. The monoisotopic (exact) mass is 522 g/mol. The number of nitrogens with zero attached hydrogens (tertiary/aromatic N) is 4. The summed E-state index contributed by atoms with van der Waals surface area (Å²) in [5, 5.41) is 7.42. The summed E-state index contributed by atoms with van der Waals surface area (Å²) in [4.78, 5) is 26.8. The second kappa shape index (κ2) is 6.95. The van der Waals surface area contributed by atoms with Crippen molar-refractivity contribution in [1.82, 2.24) is 40.5 Å². The van der Waals surface area contributed by atoms with Gasteiger partial charge in [0.2, 0.25) is 0 Å². The first-order chi connectivity index (χ1) is 19.7. The molecule has 8 nitrogen and oxygen atoms in total. The van der Waals surface area contributed by atoms with Crippen LogP contribution in [0.2, 0.25) is 0 Å². The molecule has 3 saturated heterocycles. The van der Waals surface area contributed by atoms with Crippen LogP contribution < -0.4 is 10.6 Å². The van der Waals surface area contributed by atoms with Crippen LogP contribution in [-0.4, -0.2) is 42.0 Å². The molecule has 3 saturated carbocycles. The lowest BCUT2D eigenvalue weighted by atomic mass is 10.1. The zero-order valence-corrected chi connectivity index (χ0v) is 21.6. The Labute approximate surface area is 229 Å². The molecule has 2 unspecified atom stereocenters. The van der Waals surface area contributed by atoms with Crippen molar-refractivity contribution < 1.29 is 0 Å². The molecule has 0 amide bonds. The van der Waals surface area contributed by atoms with Crippen LogP contribution in [0.4, 0.5) is 0 Å². The Morgan fingerprint density at radius 3 is 1.80 bits per heavy atom. The minimum absolute atomic E-state index is 0.352. The lowest BCUT2D eigenvalue weighted by molar-refractivity contribution is 0.544. The summed E-state index contributed by atoms with van der Waals surface area (Å²) in [5.41, 5.74) is 9.97. The van der Waals surface area contributed by atoms with Crippen molar-refractivity contribution in [3.05, 3.63) is 72.3 Å². The van der Waals surface area contributed by atoms with Gasteiger partial charge in [-0.25, -0.2) is 19.9 Å². The molecule has 0 spiro atoms. The quantitative estimate of drug-likeness (QED) is 0.259. The molecule has 3 aliphatic heterocycles. The van der Waals surface area contributed by atoms with Crippen LogP contribution in [0, 0.1) is 23.7 Å². The first kappa shape index (κ1) is 20.7. The van der Waals surface area contributed by atoms with Gasteiger partial charge in [-0.05, 0) is 85.0 Å². The summed E-state index contributed by atoms with van der Waals surface area (Å²) in [5.74, 6) is 5.65. The Balaban J connectivity index is 0.899. The molecule has 6 aliphatic rings. The number of piperidine rings is 2. The number of aromatic amines is 2. The van der Waals surface area contributed by atoms with E-state index >= 15 is 0 Å². The van der Waals surface area contributed by atoms with E-state index in [0.29, 0.717) is 18.1 Å². The number of aromatic nitrogens is 6. The van der Waals surface area contributed by atoms with E-state index < -0.39 is 0 Å². The van der Waals surface area contributed by atoms with Crippen LogP contribution in [0.25, 0.3) is 55.6 Å². The maximum atomic E-state index is 4.97. The summed E-state index contributed by atoms with van der Waals surface area (Å²) >= 11 is 0. The molecule has 3 aliphatic carbocycles. The Kier molecular flexibility index (Phi) is 3.60. The third-order valence-corrected chi connectivity index (χ3v) is 10.3. The molecule has 4 aromatic heterocycles.